The molecular formula is C9H13ClO4. The van der Waals surface area contributed by atoms with Gasteiger partial charge >= 0.3 is 5.97 Å². The van der Waals surface area contributed by atoms with Gasteiger partial charge in [-0.1, -0.05) is 0 Å². The van der Waals surface area contributed by atoms with Crippen LogP contribution in [0.2, 0.25) is 0 Å². The molecule has 1 aliphatic heterocycles. The van der Waals surface area contributed by atoms with E-state index in [-0.39, 0.29) is 5.57 Å². The Balaban J connectivity index is 2.87. The standard InChI is InChI=1S/C9H13ClO4/c1-4(10)8(12)6-3-7(11)5(2)14-9(6)13/h3-5,7-8,11-12H,1-2H3/t4-,5+,7-,8+/m0/s1. The molecule has 0 aliphatic carbocycles. The van der Waals surface area contributed by atoms with Crippen molar-refractivity contribution in [3.63, 3.8) is 0 Å². The van der Waals surface area contributed by atoms with E-state index in [9.17, 15) is 15.0 Å². The van der Waals surface area contributed by atoms with Crippen molar-refractivity contribution in [2.24, 2.45) is 0 Å². The van der Waals surface area contributed by atoms with Crippen molar-refractivity contribution in [2.45, 2.75) is 37.5 Å². The molecule has 0 saturated heterocycles. The van der Waals surface area contributed by atoms with E-state index in [1.54, 1.807) is 13.8 Å². The number of carbonyl (C=O) groups is 1. The van der Waals surface area contributed by atoms with E-state index < -0.39 is 29.7 Å². The van der Waals surface area contributed by atoms with Crippen LogP contribution in [0.4, 0.5) is 0 Å². The summed E-state index contributed by atoms with van der Waals surface area (Å²) in [5.74, 6) is -0.622. The van der Waals surface area contributed by atoms with Crippen LogP contribution in [0.25, 0.3) is 0 Å². The van der Waals surface area contributed by atoms with Crippen molar-refractivity contribution in [3.05, 3.63) is 11.6 Å². The Morgan fingerprint density at radius 1 is 1.64 bits per heavy atom. The van der Waals surface area contributed by atoms with Crippen molar-refractivity contribution in [3.8, 4) is 0 Å². The lowest BCUT2D eigenvalue weighted by molar-refractivity contribution is -0.151. The molecule has 0 aromatic heterocycles. The van der Waals surface area contributed by atoms with Crippen LogP contribution in [0.3, 0.4) is 0 Å². The molecule has 0 unspecified atom stereocenters. The van der Waals surface area contributed by atoms with Gasteiger partial charge in [0.15, 0.2) is 0 Å². The SMILES string of the molecule is C[C@H](Cl)[C@@H](O)C1=C[C@H](O)[C@@H](C)OC1=O. The lowest BCUT2D eigenvalue weighted by Gasteiger charge is -2.26. The molecule has 0 amide bonds. The molecule has 0 bridgehead atoms. The van der Waals surface area contributed by atoms with Gasteiger partial charge in [-0.05, 0) is 19.9 Å². The Hall–Kier alpha value is -0.580. The number of cyclic esters (lactones) is 1. The second-order valence-corrected chi connectivity index (χ2v) is 4.03. The van der Waals surface area contributed by atoms with Crippen molar-refractivity contribution in [2.75, 3.05) is 0 Å². The molecule has 0 aromatic carbocycles. The van der Waals surface area contributed by atoms with Gasteiger partial charge in [-0.2, -0.15) is 0 Å². The average Bonchev–Trinajstić information content (AvgIpc) is 2.10. The van der Waals surface area contributed by atoms with Gasteiger partial charge in [0, 0.05) is 0 Å². The lowest BCUT2D eigenvalue weighted by Crippen LogP contribution is -2.38. The second kappa shape index (κ2) is 4.29. The van der Waals surface area contributed by atoms with Crippen LogP contribution >= 0.6 is 11.6 Å². The summed E-state index contributed by atoms with van der Waals surface area (Å²) >= 11 is 5.63. The molecule has 5 heteroatoms. The molecule has 0 radical (unpaired) electrons. The van der Waals surface area contributed by atoms with Crippen LogP contribution in [0, 0.1) is 0 Å². The van der Waals surface area contributed by atoms with Crippen LogP contribution in [0.1, 0.15) is 13.8 Å². The normalized spacial score (nSPS) is 31.8. The smallest absolute Gasteiger partial charge is 0.336 e. The summed E-state index contributed by atoms with van der Waals surface area (Å²) in [6.07, 6.45) is -1.27. The minimum atomic E-state index is -1.11. The van der Waals surface area contributed by atoms with Gasteiger partial charge in [-0.3, -0.25) is 0 Å². The van der Waals surface area contributed by atoms with E-state index in [4.69, 9.17) is 16.3 Å². The highest BCUT2D eigenvalue weighted by Crippen LogP contribution is 2.20. The number of carbonyl (C=O) groups excluding carboxylic acids is 1. The fourth-order valence-corrected chi connectivity index (χ4v) is 1.30. The number of rotatable bonds is 2. The third-order valence-corrected chi connectivity index (χ3v) is 2.35. The van der Waals surface area contributed by atoms with Crippen LogP contribution in [-0.4, -0.2) is 39.9 Å². The number of alkyl halides is 1. The monoisotopic (exact) mass is 220 g/mol. The van der Waals surface area contributed by atoms with Gasteiger partial charge in [0.05, 0.1) is 11.0 Å². The number of aliphatic hydroxyl groups is 2. The molecule has 1 heterocycles. The molecule has 0 spiro atoms. The minimum Gasteiger partial charge on any atom is -0.456 e. The summed E-state index contributed by atoms with van der Waals surface area (Å²) in [4.78, 5) is 11.3. The molecule has 0 saturated carbocycles. The number of esters is 1. The molecule has 0 fully saturated rings. The predicted octanol–water partition coefficient (Wildman–Crippen LogP) is 0.207. The van der Waals surface area contributed by atoms with Crippen LogP contribution in [0.5, 0.6) is 0 Å². The highest BCUT2D eigenvalue weighted by Gasteiger charge is 2.32. The Labute approximate surface area is 87.1 Å². The van der Waals surface area contributed by atoms with Crippen LogP contribution in [0.15, 0.2) is 11.6 Å². The van der Waals surface area contributed by atoms with Gasteiger partial charge in [-0.25, -0.2) is 4.79 Å². The number of aliphatic hydroxyl groups excluding tert-OH is 2. The Kier molecular flexibility index (Phi) is 3.53. The Bertz CT molecular complexity index is 262. The van der Waals surface area contributed by atoms with Gasteiger partial charge in [-0.15, -0.1) is 11.6 Å². The van der Waals surface area contributed by atoms with E-state index in [0.29, 0.717) is 0 Å². The molecule has 2 N–H and O–H groups in total. The summed E-state index contributed by atoms with van der Waals surface area (Å²) < 4.78 is 4.81. The Morgan fingerprint density at radius 3 is 2.71 bits per heavy atom. The van der Waals surface area contributed by atoms with E-state index in [1.807, 2.05) is 0 Å². The van der Waals surface area contributed by atoms with Crippen LogP contribution < -0.4 is 0 Å². The molecule has 4 nitrogen and oxygen atoms in total. The van der Waals surface area contributed by atoms with Gasteiger partial charge in [0.1, 0.15) is 18.3 Å². The summed E-state index contributed by atoms with van der Waals surface area (Å²) in [5.41, 5.74) is 0.0260. The van der Waals surface area contributed by atoms with Gasteiger partial charge < -0.3 is 14.9 Å². The first-order chi connectivity index (χ1) is 6.43. The zero-order valence-corrected chi connectivity index (χ0v) is 8.73. The zero-order chi connectivity index (χ0) is 10.9. The first-order valence-corrected chi connectivity index (χ1v) is 4.80. The molecule has 1 aliphatic rings. The molecule has 4 atom stereocenters. The van der Waals surface area contributed by atoms with Crippen molar-refractivity contribution >= 4 is 17.6 Å². The number of ether oxygens (including phenoxy) is 1. The van der Waals surface area contributed by atoms with E-state index in [1.165, 1.54) is 6.08 Å². The quantitative estimate of drug-likeness (QED) is 0.516. The van der Waals surface area contributed by atoms with E-state index >= 15 is 0 Å². The number of hydrogen-bond donors (Lipinski definition) is 2. The maximum Gasteiger partial charge on any atom is 0.336 e. The largest absolute Gasteiger partial charge is 0.456 e. The van der Waals surface area contributed by atoms with E-state index in [2.05, 4.69) is 0 Å². The first-order valence-electron chi connectivity index (χ1n) is 4.36. The maximum atomic E-state index is 11.3. The summed E-state index contributed by atoms with van der Waals surface area (Å²) in [7, 11) is 0. The third-order valence-electron chi connectivity index (χ3n) is 2.11. The number of hydrogen-bond acceptors (Lipinski definition) is 4. The molecule has 1 rings (SSSR count). The summed E-state index contributed by atoms with van der Waals surface area (Å²) in [6, 6.07) is 0. The molecule has 80 valence electrons. The van der Waals surface area contributed by atoms with Crippen molar-refractivity contribution < 1.29 is 19.7 Å². The van der Waals surface area contributed by atoms with E-state index in [0.717, 1.165) is 0 Å². The first kappa shape index (κ1) is 11.5. The lowest BCUT2D eigenvalue weighted by atomic mass is 10.0. The fourth-order valence-electron chi connectivity index (χ4n) is 1.16. The molecule has 0 aromatic rings. The predicted molar refractivity (Wildman–Crippen MR) is 51.0 cm³/mol. The average molecular weight is 221 g/mol. The molecular weight excluding hydrogens is 208 g/mol. The summed E-state index contributed by atoms with van der Waals surface area (Å²) in [6.45, 7) is 3.14. The zero-order valence-electron chi connectivity index (χ0n) is 7.98. The van der Waals surface area contributed by atoms with Gasteiger partial charge in [0.2, 0.25) is 0 Å². The number of halogens is 1. The highest BCUT2D eigenvalue weighted by atomic mass is 35.5. The van der Waals surface area contributed by atoms with Crippen molar-refractivity contribution in [1.29, 1.82) is 0 Å². The van der Waals surface area contributed by atoms with Gasteiger partial charge in [0.25, 0.3) is 0 Å². The van der Waals surface area contributed by atoms with Crippen molar-refractivity contribution in [1.82, 2.24) is 0 Å². The highest BCUT2D eigenvalue weighted by molar-refractivity contribution is 6.21. The Morgan fingerprint density at radius 2 is 2.21 bits per heavy atom. The topological polar surface area (TPSA) is 66.8 Å². The second-order valence-electron chi connectivity index (χ2n) is 3.35. The summed E-state index contributed by atoms with van der Waals surface area (Å²) in [5, 5.41) is 18.3. The molecule has 14 heavy (non-hydrogen) atoms. The fraction of sp³-hybridized carbons (Fsp3) is 0.667. The minimum absolute atomic E-state index is 0.0260. The van der Waals surface area contributed by atoms with Crippen LogP contribution in [-0.2, 0) is 9.53 Å². The maximum absolute atomic E-state index is 11.3. The third kappa shape index (κ3) is 2.26.